The van der Waals surface area contributed by atoms with E-state index in [2.05, 4.69) is 10.4 Å². The minimum atomic E-state index is -0.738. The Balaban J connectivity index is 1.79. The van der Waals surface area contributed by atoms with Crippen LogP contribution in [0.5, 0.6) is 11.6 Å². The molecule has 2 heterocycles. The lowest BCUT2D eigenvalue weighted by Gasteiger charge is -2.16. The van der Waals surface area contributed by atoms with Crippen molar-refractivity contribution in [1.82, 2.24) is 14.3 Å². The fourth-order valence-electron chi connectivity index (χ4n) is 3.80. The fraction of sp³-hybridized carbons (Fsp3) is 0.304. The van der Waals surface area contributed by atoms with Gasteiger partial charge < -0.3 is 14.8 Å². The van der Waals surface area contributed by atoms with Crippen molar-refractivity contribution in [3.05, 3.63) is 74.2 Å². The average molecular weight is 454 g/mol. The number of carbonyl (C=O) groups is 1. The Morgan fingerprint density at radius 3 is 2.70 bits per heavy atom. The molecule has 0 unspecified atom stereocenters. The molecule has 172 valence electrons. The van der Waals surface area contributed by atoms with Gasteiger partial charge in [-0.25, -0.2) is 13.8 Å². The molecule has 1 amide bonds. The molecule has 2 aromatic carbocycles. The third kappa shape index (κ3) is 4.36. The molecule has 9 nitrogen and oxygen atoms in total. The van der Waals surface area contributed by atoms with Crippen LogP contribution >= 0.6 is 0 Å². The second-order valence-corrected chi connectivity index (χ2v) is 8.42. The predicted octanol–water partition coefficient (Wildman–Crippen LogP) is 2.26. The number of nitrogens with one attached hydrogen (secondary N) is 1. The molecule has 0 spiro atoms. The van der Waals surface area contributed by atoms with Crippen molar-refractivity contribution in [2.24, 2.45) is 0 Å². The first-order chi connectivity index (χ1) is 15.6. The molecule has 0 bridgehead atoms. The van der Waals surface area contributed by atoms with Gasteiger partial charge in [-0.1, -0.05) is 12.1 Å². The van der Waals surface area contributed by atoms with E-state index in [4.69, 9.17) is 9.47 Å². The van der Waals surface area contributed by atoms with Gasteiger partial charge in [-0.05, 0) is 49.2 Å². The lowest BCUT2D eigenvalue weighted by Crippen LogP contribution is -2.41. The van der Waals surface area contributed by atoms with Gasteiger partial charge in [-0.2, -0.15) is 4.68 Å². The Bertz CT molecular complexity index is 1380. The summed E-state index contributed by atoms with van der Waals surface area (Å²) in [6.45, 7) is 5.19. The summed E-state index contributed by atoms with van der Waals surface area (Å²) in [4.78, 5) is 37.4. The van der Waals surface area contributed by atoms with Gasteiger partial charge >= 0.3 is 11.2 Å². The van der Waals surface area contributed by atoms with E-state index in [1.165, 1.54) is 26.2 Å². The Morgan fingerprint density at radius 1 is 1.24 bits per heavy atom. The van der Waals surface area contributed by atoms with Crippen molar-refractivity contribution in [1.29, 1.82) is 0 Å². The first-order valence-electron chi connectivity index (χ1n) is 10.2. The van der Waals surface area contributed by atoms with Crippen LogP contribution in [0, 0.1) is 5.82 Å². The first kappa shape index (κ1) is 22.3. The van der Waals surface area contributed by atoms with E-state index in [1.807, 2.05) is 26.0 Å². The van der Waals surface area contributed by atoms with Gasteiger partial charge in [0.2, 0.25) is 5.91 Å². The van der Waals surface area contributed by atoms with Gasteiger partial charge in [-0.15, -0.1) is 5.10 Å². The van der Waals surface area contributed by atoms with E-state index in [1.54, 1.807) is 6.07 Å². The number of fused-ring (bicyclic) bond motifs is 1. The molecule has 0 fully saturated rings. The molecule has 1 aromatic heterocycles. The quantitative estimate of drug-likeness (QED) is 0.634. The third-order valence-corrected chi connectivity index (χ3v) is 5.20. The minimum absolute atomic E-state index is 0.0238. The molecule has 0 saturated carbocycles. The van der Waals surface area contributed by atoms with Crippen LogP contribution in [-0.4, -0.2) is 33.0 Å². The second kappa shape index (κ2) is 8.19. The lowest BCUT2D eigenvalue weighted by molar-refractivity contribution is -0.114. The molecule has 3 aromatic rings. The number of methoxy groups -OCH3 is 1. The number of benzene rings is 2. The molecule has 0 saturated heterocycles. The SMILES string of the molecule is COc1nn(-c2ccc(F)c(NC(C)=O)c2)c(=O)n(Cc2ccc3c(c2)CC(C)(C)O3)c1=O. The van der Waals surface area contributed by atoms with E-state index in [9.17, 15) is 18.8 Å². The summed E-state index contributed by atoms with van der Waals surface area (Å²) in [5.41, 5.74) is 0.00205. The average Bonchev–Trinajstić information content (AvgIpc) is 3.06. The number of anilines is 1. The van der Waals surface area contributed by atoms with Crippen LogP contribution in [-0.2, 0) is 17.8 Å². The summed E-state index contributed by atoms with van der Waals surface area (Å²) in [5, 5.41) is 6.34. The Morgan fingerprint density at radius 2 is 2.00 bits per heavy atom. The number of carbonyl (C=O) groups excluding carboxylic acids is 1. The summed E-state index contributed by atoms with van der Waals surface area (Å²) in [6.07, 6.45) is 0.705. The number of hydrogen-bond donors (Lipinski definition) is 1. The number of nitrogens with zero attached hydrogens (tertiary/aromatic N) is 3. The molecule has 0 atom stereocenters. The molecule has 0 aliphatic carbocycles. The monoisotopic (exact) mass is 454 g/mol. The van der Waals surface area contributed by atoms with Crippen molar-refractivity contribution >= 4 is 11.6 Å². The topological polar surface area (TPSA) is 104 Å². The van der Waals surface area contributed by atoms with Gasteiger partial charge in [0.05, 0.1) is 25.0 Å². The van der Waals surface area contributed by atoms with Crippen molar-refractivity contribution in [2.75, 3.05) is 12.4 Å². The number of aromatic nitrogens is 3. The summed E-state index contributed by atoms with van der Waals surface area (Å²) in [6, 6.07) is 9.18. The van der Waals surface area contributed by atoms with Gasteiger partial charge in [0.15, 0.2) is 0 Å². The number of halogens is 1. The van der Waals surface area contributed by atoms with Crippen LogP contribution < -0.4 is 26.0 Å². The summed E-state index contributed by atoms with van der Waals surface area (Å²) in [7, 11) is 1.27. The molecule has 1 N–H and O–H groups in total. The number of ether oxygens (including phenoxy) is 2. The van der Waals surface area contributed by atoms with Crippen LogP contribution in [0.3, 0.4) is 0 Å². The van der Waals surface area contributed by atoms with Crippen LogP contribution in [0.2, 0.25) is 0 Å². The maximum Gasteiger partial charge on any atom is 0.352 e. The molecule has 1 aliphatic heterocycles. The first-order valence-corrected chi connectivity index (χ1v) is 10.2. The van der Waals surface area contributed by atoms with E-state index in [-0.39, 0.29) is 29.4 Å². The van der Waals surface area contributed by atoms with Gasteiger partial charge in [0.1, 0.15) is 17.2 Å². The van der Waals surface area contributed by atoms with Crippen LogP contribution in [0.4, 0.5) is 10.1 Å². The maximum absolute atomic E-state index is 14.1. The van der Waals surface area contributed by atoms with E-state index >= 15 is 0 Å². The van der Waals surface area contributed by atoms with E-state index < -0.39 is 23.0 Å². The lowest BCUT2D eigenvalue weighted by atomic mass is 10.0. The predicted molar refractivity (Wildman–Crippen MR) is 119 cm³/mol. The summed E-state index contributed by atoms with van der Waals surface area (Å²) in [5.74, 6) is -0.675. The van der Waals surface area contributed by atoms with Crippen molar-refractivity contribution in [3.8, 4) is 17.3 Å². The second-order valence-electron chi connectivity index (χ2n) is 8.42. The molecular formula is C23H23FN4O5. The molecule has 10 heteroatoms. The number of amides is 1. The van der Waals surface area contributed by atoms with Crippen molar-refractivity contribution in [2.45, 2.75) is 39.3 Å². The maximum atomic E-state index is 14.1. The van der Waals surface area contributed by atoms with Gasteiger partial charge in [0.25, 0.3) is 5.88 Å². The zero-order valence-electron chi connectivity index (χ0n) is 18.6. The van der Waals surface area contributed by atoms with Gasteiger partial charge in [-0.3, -0.25) is 9.59 Å². The third-order valence-electron chi connectivity index (χ3n) is 5.20. The van der Waals surface area contributed by atoms with Crippen molar-refractivity contribution < 1.29 is 18.7 Å². The molecule has 4 rings (SSSR count). The fourth-order valence-corrected chi connectivity index (χ4v) is 3.80. The van der Waals surface area contributed by atoms with E-state index in [0.29, 0.717) is 6.42 Å². The zero-order chi connectivity index (χ0) is 23.9. The molecule has 1 aliphatic rings. The highest BCUT2D eigenvalue weighted by Crippen LogP contribution is 2.35. The van der Waals surface area contributed by atoms with Crippen LogP contribution in [0.1, 0.15) is 31.9 Å². The zero-order valence-corrected chi connectivity index (χ0v) is 18.6. The Labute approximate surface area is 188 Å². The molecule has 0 radical (unpaired) electrons. The normalized spacial score (nSPS) is 13.8. The highest BCUT2D eigenvalue weighted by atomic mass is 19.1. The highest BCUT2D eigenvalue weighted by molar-refractivity contribution is 5.89. The Hall–Kier alpha value is -3.95. The molecule has 33 heavy (non-hydrogen) atoms. The van der Waals surface area contributed by atoms with Crippen LogP contribution in [0.25, 0.3) is 5.69 Å². The smallest absolute Gasteiger partial charge is 0.352 e. The van der Waals surface area contributed by atoms with E-state index in [0.717, 1.165) is 32.2 Å². The van der Waals surface area contributed by atoms with Gasteiger partial charge in [0, 0.05) is 13.3 Å². The van der Waals surface area contributed by atoms with Crippen molar-refractivity contribution in [3.63, 3.8) is 0 Å². The summed E-state index contributed by atoms with van der Waals surface area (Å²) >= 11 is 0. The standard InChI is InChI=1S/C23H23FN4O5/c1-13(29)25-18-10-16(6-7-17(18)24)28-22(31)27(21(30)20(26-28)32-4)12-14-5-8-19-15(9-14)11-23(2,3)33-19/h5-10H,11-12H2,1-4H3,(H,25,29). The molecular weight excluding hydrogens is 431 g/mol. The summed E-state index contributed by atoms with van der Waals surface area (Å²) < 4.78 is 27.0. The number of rotatable bonds is 5. The minimum Gasteiger partial charge on any atom is -0.487 e. The Kier molecular flexibility index (Phi) is 5.52. The highest BCUT2D eigenvalue weighted by Gasteiger charge is 2.30. The van der Waals surface area contributed by atoms with Crippen LogP contribution in [0.15, 0.2) is 46.0 Å². The largest absolute Gasteiger partial charge is 0.487 e. The number of hydrogen-bond acceptors (Lipinski definition) is 6.